The molecule has 0 amide bonds. The zero-order valence-electron chi connectivity index (χ0n) is 36.8. The van der Waals surface area contributed by atoms with Gasteiger partial charge in [0.2, 0.25) is 5.78 Å². The van der Waals surface area contributed by atoms with Crippen molar-refractivity contribution in [3.05, 3.63) is 29.8 Å². The number of ketones is 1. The number of Topliss-reactive ketones (excluding diaryl/α,β-unsaturated/α-hetero) is 1. The quantitative estimate of drug-likeness (QED) is 0.0546. The van der Waals surface area contributed by atoms with E-state index in [0.29, 0.717) is 145 Å². The predicted molar refractivity (Wildman–Crippen MR) is 225 cm³/mol. The molecule has 61 heavy (non-hydrogen) atoms. The molecule has 0 saturated heterocycles. The second kappa shape index (κ2) is 45.2. The van der Waals surface area contributed by atoms with Crippen LogP contribution in [0.25, 0.3) is 0 Å². The number of carboxylic acid groups (broad SMARTS) is 1. The van der Waals surface area contributed by atoms with Gasteiger partial charge in [0.15, 0.2) is 0 Å². The first kappa shape index (κ1) is 56.2. The van der Waals surface area contributed by atoms with Gasteiger partial charge in [-0.05, 0) is 30.5 Å². The summed E-state index contributed by atoms with van der Waals surface area (Å²) in [6.45, 7) is 12.6. The maximum absolute atomic E-state index is 11.4. The molecule has 354 valence electrons. The molecule has 0 radical (unpaired) electrons. The van der Waals surface area contributed by atoms with Crippen molar-refractivity contribution >= 4 is 17.7 Å². The number of aryl methyl sites for hydroxylation is 1. The summed E-state index contributed by atoms with van der Waals surface area (Å²) in [4.78, 5) is 32.7. The van der Waals surface area contributed by atoms with Crippen molar-refractivity contribution in [1.82, 2.24) is 0 Å². The first-order chi connectivity index (χ1) is 30.0. The molecule has 0 heterocycles. The number of hydrogen-bond acceptors (Lipinski definition) is 16. The molecule has 0 aliphatic carbocycles. The van der Waals surface area contributed by atoms with Gasteiger partial charge in [-0.25, -0.2) is 4.79 Å². The largest absolute Gasteiger partial charge is 0.491 e. The van der Waals surface area contributed by atoms with Gasteiger partial charge in [0.05, 0.1) is 152 Å². The number of esters is 1. The van der Waals surface area contributed by atoms with Crippen LogP contribution < -0.4 is 4.74 Å². The standard InChI is InChI=1S/C44H76O17/c1-2-3-4-5-6-7-8-9-40-10-12-41(13-11-40)60-38-36-58-34-32-56-30-28-54-26-24-52-22-20-50-18-16-49-17-19-51-21-23-53-25-27-55-29-31-57-33-35-59-37-39-61-43(46)15-14-42(45)44(47)48/h10-13H,2-9,14-39H2,1H3,(H,47,48). The summed E-state index contributed by atoms with van der Waals surface area (Å²) in [7, 11) is 0. The highest BCUT2D eigenvalue weighted by molar-refractivity contribution is 6.32. The fourth-order valence-corrected chi connectivity index (χ4v) is 5.17. The van der Waals surface area contributed by atoms with E-state index in [1.807, 2.05) is 12.1 Å². The third-order valence-electron chi connectivity index (χ3n) is 8.49. The van der Waals surface area contributed by atoms with Gasteiger partial charge < -0.3 is 66.7 Å². The first-order valence-electron chi connectivity index (χ1n) is 22.0. The van der Waals surface area contributed by atoms with E-state index < -0.39 is 17.7 Å². The number of benzene rings is 1. The fraction of sp³-hybridized carbons (Fsp3) is 0.795. The van der Waals surface area contributed by atoms with Crippen molar-refractivity contribution in [3.8, 4) is 5.75 Å². The molecule has 1 aromatic carbocycles. The molecule has 0 aliphatic rings. The molecule has 0 aromatic heterocycles. The van der Waals surface area contributed by atoms with Gasteiger partial charge >= 0.3 is 11.9 Å². The van der Waals surface area contributed by atoms with E-state index in [9.17, 15) is 14.4 Å². The Balaban J connectivity index is 1.68. The lowest BCUT2D eigenvalue weighted by Crippen LogP contribution is -2.17. The summed E-state index contributed by atoms with van der Waals surface area (Å²) in [6, 6.07) is 8.42. The van der Waals surface area contributed by atoms with Crippen LogP contribution in [0.15, 0.2) is 24.3 Å². The van der Waals surface area contributed by atoms with Crippen LogP contribution in [0, 0.1) is 0 Å². The smallest absolute Gasteiger partial charge is 0.372 e. The lowest BCUT2D eigenvalue weighted by atomic mass is 10.0. The lowest BCUT2D eigenvalue weighted by Gasteiger charge is -2.09. The van der Waals surface area contributed by atoms with Crippen LogP contribution in [-0.4, -0.2) is 181 Å². The predicted octanol–water partition coefficient (Wildman–Crippen LogP) is 4.52. The van der Waals surface area contributed by atoms with Crippen LogP contribution in [0.3, 0.4) is 0 Å². The molecule has 1 aromatic rings. The van der Waals surface area contributed by atoms with Crippen LogP contribution in [0.1, 0.15) is 70.3 Å². The van der Waals surface area contributed by atoms with E-state index in [4.69, 9.17) is 66.7 Å². The van der Waals surface area contributed by atoms with Gasteiger partial charge in [-0.3, -0.25) is 9.59 Å². The van der Waals surface area contributed by atoms with Gasteiger partial charge in [0.1, 0.15) is 19.0 Å². The zero-order valence-corrected chi connectivity index (χ0v) is 36.8. The van der Waals surface area contributed by atoms with E-state index in [1.54, 1.807) is 0 Å². The highest BCUT2D eigenvalue weighted by Gasteiger charge is 2.14. The Bertz CT molecular complexity index is 1120. The number of aliphatic carboxylic acids is 1. The molecule has 0 bridgehead atoms. The molecule has 1 N–H and O–H groups in total. The minimum atomic E-state index is -1.56. The number of carbonyl (C=O) groups excluding carboxylic acids is 2. The van der Waals surface area contributed by atoms with Crippen molar-refractivity contribution in [3.63, 3.8) is 0 Å². The van der Waals surface area contributed by atoms with Gasteiger partial charge in [0.25, 0.3) is 0 Å². The minimum absolute atomic E-state index is 0.0116. The summed E-state index contributed by atoms with van der Waals surface area (Å²) in [5.74, 6) is -2.36. The minimum Gasteiger partial charge on any atom is -0.491 e. The summed E-state index contributed by atoms with van der Waals surface area (Å²) in [5, 5.41) is 8.46. The Hall–Kier alpha value is -2.81. The summed E-state index contributed by atoms with van der Waals surface area (Å²) in [5.41, 5.74) is 1.37. The van der Waals surface area contributed by atoms with Gasteiger partial charge in [-0.2, -0.15) is 0 Å². The number of rotatable bonds is 49. The van der Waals surface area contributed by atoms with E-state index in [1.165, 1.54) is 50.5 Å². The average Bonchev–Trinajstić information content (AvgIpc) is 3.26. The number of hydrogen-bond donors (Lipinski definition) is 1. The number of carboxylic acids is 1. The molecule has 0 fully saturated rings. The fourth-order valence-electron chi connectivity index (χ4n) is 5.17. The third-order valence-corrected chi connectivity index (χ3v) is 8.49. The second-order valence-corrected chi connectivity index (χ2v) is 13.5. The van der Waals surface area contributed by atoms with E-state index in [-0.39, 0.29) is 26.1 Å². The molecular formula is C44H76O17. The molecule has 0 atom stereocenters. The topological polar surface area (TPSA) is 191 Å². The van der Waals surface area contributed by atoms with Crippen molar-refractivity contribution in [2.45, 2.75) is 71.1 Å². The zero-order chi connectivity index (χ0) is 43.9. The maximum Gasteiger partial charge on any atom is 0.372 e. The number of ether oxygens (including phenoxy) is 13. The normalized spacial score (nSPS) is 11.3. The van der Waals surface area contributed by atoms with E-state index in [2.05, 4.69) is 19.1 Å². The molecule has 0 saturated carbocycles. The van der Waals surface area contributed by atoms with Crippen molar-refractivity contribution in [2.24, 2.45) is 0 Å². The average molecular weight is 877 g/mol. The summed E-state index contributed by atoms with van der Waals surface area (Å²) >= 11 is 0. The highest BCUT2D eigenvalue weighted by atomic mass is 16.6. The van der Waals surface area contributed by atoms with Crippen LogP contribution >= 0.6 is 0 Å². The van der Waals surface area contributed by atoms with Gasteiger partial charge in [-0.15, -0.1) is 0 Å². The SMILES string of the molecule is CCCCCCCCCc1ccc(OCCOCCOCCOCCOCCOCCOCCOCCOCCOCCOCCOCCOC(=O)CCC(=O)C(=O)O)cc1. The molecule has 0 unspecified atom stereocenters. The van der Waals surface area contributed by atoms with Gasteiger partial charge in [0, 0.05) is 6.42 Å². The molecule has 17 nitrogen and oxygen atoms in total. The van der Waals surface area contributed by atoms with Crippen LogP contribution in [0.4, 0.5) is 0 Å². The maximum atomic E-state index is 11.4. The monoisotopic (exact) mass is 877 g/mol. The Morgan fingerprint density at radius 2 is 0.738 bits per heavy atom. The number of unbranched alkanes of at least 4 members (excludes halogenated alkanes) is 6. The Labute approximate surface area is 363 Å². The lowest BCUT2D eigenvalue weighted by molar-refractivity contribution is -0.151. The Morgan fingerprint density at radius 1 is 0.410 bits per heavy atom. The summed E-state index contributed by atoms with van der Waals surface area (Å²) in [6.07, 6.45) is 9.78. The number of carbonyl (C=O) groups is 3. The van der Waals surface area contributed by atoms with Crippen molar-refractivity contribution in [1.29, 1.82) is 0 Å². The Kier molecular flexibility index (Phi) is 41.7. The Morgan fingerprint density at radius 3 is 1.10 bits per heavy atom. The van der Waals surface area contributed by atoms with Crippen LogP contribution in [-0.2, 0) is 77.6 Å². The van der Waals surface area contributed by atoms with E-state index in [0.717, 1.165) is 12.2 Å². The molecular weight excluding hydrogens is 800 g/mol. The first-order valence-corrected chi connectivity index (χ1v) is 22.0. The molecule has 0 aliphatic heterocycles. The third kappa shape index (κ3) is 41.0. The van der Waals surface area contributed by atoms with Crippen LogP contribution in [0.2, 0.25) is 0 Å². The van der Waals surface area contributed by atoms with E-state index >= 15 is 0 Å². The second-order valence-electron chi connectivity index (χ2n) is 13.5. The summed E-state index contributed by atoms with van der Waals surface area (Å²) < 4.78 is 70.8. The van der Waals surface area contributed by atoms with Gasteiger partial charge in [-0.1, -0.05) is 57.6 Å². The van der Waals surface area contributed by atoms with Crippen molar-refractivity contribution < 1.29 is 81.1 Å². The molecule has 0 spiro atoms. The van der Waals surface area contributed by atoms with Crippen LogP contribution in [0.5, 0.6) is 5.75 Å². The molecule has 17 heteroatoms. The van der Waals surface area contributed by atoms with Crippen molar-refractivity contribution in [2.75, 3.05) is 159 Å². The highest BCUT2D eigenvalue weighted by Crippen LogP contribution is 2.15. The molecule has 1 rings (SSSR count).